The highest BCUT2D eigenvalue weighted by molar-refractivity contribution is 6.29. The molecule has 9 heteroatoms. The van der Waals surface area contributed by atoms with Crippen LogP contribution in [0.5, 0.6) is 0 Å². The van der Waals surface area contributed by atoms with Gasteiger partial charge >= 0.3 is 6.03 Å². The number of hydrogen-bond donors (Lipinski definition) is 2. The van der Waals surface area contributed by atoms with Gasteiger partial charge in [0.05, 0.1) is 5.69 Å². The lowest BCUT2D eigenvalue weighted by Gasteiger charge is -2.30. The van der Waals surface area contributed by atoms with Gasteiger partial charge in [-0.2, -0.15) is 5.10 Å². The van der Waals surface area contributed by atoms with E-state index < -0.39 is 0 Å². The van der Waals surface area contributed by atoms with E-state index in [1.807, 2.05) is 26.1 Å². The third kappa shape index (κ3) is 3.77. The lowest BCUT2D eigenvalue weighted by Crippen LogP contribution is -2.47. The topological polar surface area (TPSA) is 78.3 Å². The zero-order valence-corrected chi connectivity index (χ0v) is 17.8. The van der Waals surface area contributed by atoms with Crippen LogP contribution in [0.15, 0.2) is 29.1 Å². The van der Waals surface area contributed by atoms with Crippen LogP contribution in [0.2, 0.25) is 0 Å². The molecular weight excluding hydrogens is 378 g/mol. The highest BCUT2D eigenvalue weighted by atomic mass is 35.5. The Morgan fingerprint density at radius 2 is 2.11 bits per heavy atom. The normalized spacial score (nSPS) is 13.9. The zero-order valence-electron chi connectivity index (χ0n) is 17.0. The average molecular weight is 404 g/mol. The average Bonchev–Trinajstić information content (AvgIpc) is 2.93. The van der Waals surface area contributed by atoms with Crippen LogP contribution in [0, 0.1) is 6.92 Å². The molecule has 0 radical (unpaired) electrons. The molecule has 0 bridgehead atoms. The second-order valence-electron chi connectivity index (χ2n) is 7.14. The SMILES string of the molecule is Cc1nn(C)c2nc(N(C)N(C)C(=O)NC3=CCNC(Cl)=C3)cc(C(C)C)c12. The number of nitrogens with one attached hydrogen (secondary N) is 2. The summed E-state index contributed by atoms with van der Waals surface area (Å²) in [6, 6.07) is 1.73. The first kappa shape index (κ1) is 20.0. The molecule has 8 nitrogen and oxygen atoms in total. The second kappa shape index (κ2) is 7.71. The van der Waals surface area contributed by atoms with Crippen molar-refractivity contribution < 1.29 is 4.79 Å². The van der Waals surface area contributed by atoms with Crippen molar-refractivity contribution in [2.24, 2.45) is 7.05 Å². The number of aryl methyl sites for hydroxylation is 2. The number of pyridine rings is 1. The number of aromatic nitrogens is 3. The third-order valence-electron chi connectivity index (χ3n) is 4.81. The number of urea groups is 1. The summed E-state index contributed by atoms with van der Waals surface area (Å²) in [4.78, 5) is 17.4. The van der Waals surface area contributed by atoms with E-state index in [1.165, 1.54) is 5.01 Å². The van der Waals surface area contributed by atoms with Crippen molar-refractivity contribution in [3.8, 4) is 0 Å². The van der Waals surface area contributed by atoms with Crippen LogP contribution in [0.1, 0.15) is 31.0 Å². The number of dihydropyridines is 1. The van der Waals surface area contributed by atoms with Crippen molar-refractivity contribution in [1.29, 1.82) is 0 Å². The maximum atomic E-state index is 12.7. The Hall–Kier alpha value is -2.74. The van der Waals surface area contributed by atoms with Crippen molar-refractivity contribution >= 4 is 34.5 Å². The molecule has 0 fully saturated rings. The number of fused-ring (bicyclic) bond motifs is 1. The monoisotopic (exact) mass is 403 g/mol. The van der Waals surface area contributed by atoms with Gasteiger partial charge in [-0.1, -0.05) is 25.4 Å². The highest BCUT2D eigenvalue weighted by Gasteiger charge is 2.21. The smallest absolute Gasteiger partial charge is 0.340 e. The highest BCUT2D eigenvalue weighted by Crippen LogP contribution is 2.30. The molecule has 3 heterocycles. The van der Waals surface area contributed by atoms with Gasteiger partial charge in [-0.05, 0) is 36.6 Å². The number of rotatable bonds is 4. The maximum Gasteiger partial charge on any atom is 0.340 e. The maximum absolute atomic E-state index is 12.7. The van der Waals surface area contributed by atoms with Crippen molar-refractivity contribution in [3.05, 3.63) is 40.3 Å². The summed E-state index contributed by atoms with van der Waals surface area (Å²) in [7, 11) is 5.38. The number of anilines is 1. The minimum atomic E-state index is -0.287. The van der Waals surface area contributed by atoms with Gasteiger partial charge in [-0.15, -0.1) is 0 Å². The molecule has 150 valence electrons. The summed E-state index contributed by atoms with van der Waals surface area (Å²) in [5, 5.41) is 15.1. The summed E-state index contributed by atoms with van der Waals surface area (Å²) >= 11 is 5.97. The Morgan fingerprint density at radius 1 is 1.39 bits per heavy atom. The van der Waals surface area contributed by atoms with E-state index in [0.29, 0.717) is 29.1 Å². The summed E-state index contributed by atoms with van der Waals surface area (Å²) in [6.07, 6.45) is 3.54. The first-order chi connectivity index (χ1) is 13.2. The standard InChI is InChI=1S/C19H26ClN7O/c1-11(2)14-10-16(23-18-17(14)12(3)24-25(18)4)26(5)27(6)19(28)22-13-7-8-21-15(20)9-13/h7,9-11,21H,8H2,1-6H3,(H,22,28). The van der Waals surface area contributed by atoms with Crippen LogP contribution in [0.25, 0.3) is 11.0 Å². The van der Waals surface area contributed by atoms with Gasteiger partial charge in [0.1, 0.15) is 11.0 Å². The number of allylic oxidation sites excluding steroid dienone is 1. The number of amides is 2. The summed E-state index contributed by atoms with van der Waals surface area (Å²) in [5.41, 5.74) is 3.57. The van der Waals surface area contributed by atoms with E-state index in [9.17, 15) is 4.79 Å². The fraction of sp³-hybridized carbons (Fsp3) is 0.421. The van der Waals surface area contributed by atoms with E-state index in [4.69, 9.17) is 16.6 Å². The number of carbonyl (C=O) groups excluding carboxylic acids is 1. The van der Waals surface area contributed by atoms with Gasteiger partial charge in [-0.25, -0.2) is 14.8 Å². The second-order valence-corrected chi connectivity index (χ2v) is 7.55. The summed E-state index contributed by atoms with van der Waals surface area (Å²) in [5.74, 6) is 0.969. The third-order valence-corrected chi connectivity index (χ3v) is 5.05. The predicted molar refractivity (Wildman–Crippen MR) is 112 cm³/mol. The molecule has 28 heavy (non-hydrogen) atoms. The van der Waals surface area contributed by atoms with Gasteiger partial charge < -0.3 is 10.6 Å². The van der Waals surface area contributed by atoms with Crippen LogP contribution in [-0.2, 0) is 7.05 Å². The fourth-order valence-electron chi connectivity index (χ4n) is 3.17. The first-order valence-corrected chi connectivity index (χ1v) is 9.50. The Morgan fingerprint density at radius 3 is 2.75 bits per heavy atom. The molecule has 1 aliphatic heterocycles. The van der Waals surface area contributed by atoms with Crippen molar-refractivity contribution in [1.82, 2.24) is 30.4 Å². The van der Waals surface area contributed by atoms with E-state index in [2.05, 4.69) is 29.6 Å². The summed E-state index contributed by atoms with van der Waals surface area (Å²) < 4.78 is 1.78. The Labute approximate surface area is 169 Å². The van der Waals surface area contributed by atoms with Gasteiger partial charge in [0.15, 0.2) is 5.65 Å². The van der Waals surface area contributed by atoms with Crippen LogP contribution < -0.4 is 15.6 Å². The van der Waals surface area contributed by atoms with E-state index in [-0.39, 0.29) is 6.03 Å². The minimum absolute atomic E-state index is 0.287. The van der Waals surface area contributed by atoms with Crippen LogP contribution in [0.3, 0.4) is 0 Å². The molecular formula is C19H26ClN7O. The molecule has 0 aliphatic carbocycles. The van der Waals surface area contributed by atoms with E-state index >= 15 is 0 Å². The van der Waals surface area contributed by atoms with Crippen LogP contribution >= 0.6 is 11.6 Å². The van der Waals surface area contributed by atoms with Crippen LogP contribution in [0.4, 0.5) is 10.6 Å². The van der Waals surface area contributed by atoms with Gasteiger partial charge in [-0.3, -0.25) is 9.69 Å². The number of hydrazine groups is 1. The zero-order chi connectivity index (χ0) is 20.6. The lowest BCUT2D eigenvalue weighted by atomic mass is 10.00. The molecule has 0 aromatic carbocycles. The van der Waals surface area contributed by atoms with E-state index in [1.54, 1.807) is 29.9 Å². The van der Waals surface area contributed by atoms with Crippen molar-refractivity contribution in [3.63, 3.8) is 0 Å². The molecule has 1 aliphatic rings. The first-order valence-electron chi connectivity index (χ1n) is 9.12. The minimum Gasteiger partial charge on any atom is -0.372 e. The fourth-order valence-corrected chi connectivity index (χ4v) is 3.37. The molecule has 2 N–H and O–H groups in total. The number of nitrogens with zero attached hydrogens (tertiary/aromatic N) is 5. The van der Waals surface area contributed by atoms with Gasteiger partial charge in [0.2, 0.25) is 0 Å². The Bertz CT molecular complexity index is 976. The van der Waals surface area contributed by atoms with Gasteiger partial charge in [0.25, 0.3) is 0 Å². The van der Waals surface area contributed by atoms with Gasteiger partial charge in [0, 0.05) is 38.8 Å². The number of halogens is 1. The van der Waals surface area contributed by atoms with Crippen LogP contribution in [-0.4, -0.2) is 46.4 Å². The molecule has 3 rings (SSSR count). The molecule has 0 saturated carbocycles. The Balaban J connectivity index is 1.90. The quantitative estimate of drug-likeness (QED) is 0.606. The molecule has 2 amide bonds. The molecule has 2 aromatic rings. The van der Waals surface area contributed by atoms with Crippen molar-refractivity contribution in [2.45, 2.75) is 26.7 Å². The largest absolute Gasteiger partial charge is 0.372 e. The molecule has 0 spiro atoms. The summed E-state index contributed by atoms with van der Waals surface area (Å²) in [6.45, 7) is 6.84. The Kier molecular flexibility index (Phi) is 5.51. The predicted octanol–water partition coefficient (Wildman–Crippen LogP) is 2.96. The molecule has 2 aromatic heterocycles. The molecule has 0 atom stereocenters. The van der Waals surface area contributed by atoms with E-state index in [0.717, 1.165) is 22.3 Å². The molecule has 0 saturated heterocycles. The van der Waals surface area contributed by atoms with Crippen molar-refractivity contribution in [2.75, 3.05) is 25.6 Å². The molecule has 0 unspecified atom stereocenters. The number of hydrogen-bond acceptors (Lipinski definition) is 5. The lowest BCUT2D eigenvalue weighted by molar-refractivity contribution is 0.209. The number of carbonyl (C=O) groups is 1.